The SMILES string of the molecule is Cn1nc2c(cc1=O)CC(NC(=O)Cn1cnc3ccccc31)CC2. The molecule has 1 aliphatic carbocycles. The molecule has 0 saturated carbocycles. The largest absolute Gasteiger partial charge is 0.351 e. The normalized spacial score (nSPS) is 16.6. The van der Waals surface area contributed by atoms with Crippen molar-refractivity contribution in [3.63, 3.8) is 0 Å². The van der Waals surface area contributed by atoms with Crippen LogP contribution in [0.4, 0.5) is 0 Å². The first kappa shape index (κ1) is 15.6. The highest BCUT2D eigenvalue weighted by atomic mass is 16.2. The molecule has 1 atom stereocenters. The summed E-state index contributed by atoms with van der Waals surface area (Å²) in [7, 11) is 1.66. The number of carbonyl (C=O) groups excluding carboxylic acids is 1. The fourth-order valence-electron chi connectivity index (χ4n) is 3.37. The molecule has 2 heterocycles. The Hall–Kier alpha value is -2.96. The van der Waals surface area contributed by atoms with Crippen LogP contribution in [0.1, 0.15) is 17.7 Å². The topological polar surface area (TPSA) is 81.8 Å². The number of hydrogen-bond acceptors (Lipinski definition) is 4. The third-order valence-corrected chi connectivity index (χ3v) is 4.66. The molecule has 7 nitrogen and oxygen atoms in total. The van der Waals surface area contributed by atoms with E-state index in [1.54, 1.807) is 19.4 Å². The van der Waals surface area contributed by atoms with Gasteiger partial charge in [-0.25, -0.2) is 9.67 Å². The molecule has 128 valence electrons. The van der Waals surface area contributed by atoms with E-state index in [1.807, 2.05) is 28.8 Å². The molecule has 0 bridgehead atoms. The highest BCUT2D eigenvalue weighted by molar-refractivity contribution is 5.80. The quantitative estimate of drug-likeness (QED) is 0.767. The lowest BCUT2D eigenvalue weighted by Crippen LogP contribution is -2.41. The minimum Gasteiger partial charge on any atom is -0.351 e. The first-order valence-corrected chi connectivity index (χ1v) is 8.35. The molecule has 7 heteroatoms. The zero-order chi connectivity index (χ0) is 17.4. The Balaban J connectivity index is 1.45. The van der Waals surface area contributed by atoms with Crippen LogP contribution in [-0.4, -0.2) is 31.3 Å². The second-order valence-electron chi connectivity index (χ2n) is 6.45. The molecule has 3 aromatic rings. The van der Waals surface area contributed by atoms with Crippen LogP contribution in [0.3, 0.4) is 0 Å². The molecule has 1 aliphatic rings. The van der Waals surface area contributed by atoms with Crippen molar-refractivity contribution < 1.29 is 4.79 Å². The summed E-state index contributed by atoms with van der Waals surface area (Å²) in [6.45, 7) is 0.235. The minimum atomic E-state index is -0.115. The monoisotopic (exact) mass is 337 g/mol. The predicted molar refractivity (Wildman–Crippen MR) is 93.2 cm³/mol. The fourth-order valence-corrected chi connectivity index (χ4v) is 3.37. The van der Waals surface area contributed by atoms with Crippen molar-refractivity contribution in [2.45, 2.75) is 31.8 Å². The molecular formula is C18H19N5O2. The number of para-hydroxylation sites is 2. The molecule has 4 rings (SSSR count). The third kappa shape index (κ3) is 3.05. The van der Waals surface area contributed by atoms with Crippen molar-refractivity contribution in [1.29, 1.82) is 0 Å². The van der Waals surface area contributed by atoms with Gasteiger partial charge in [0.1, 0.15) is 6.54 Å². The molecule has 0 saturated heterocycles. The van der Waals surface area contributed by atoms with Crippen LogP contribution in [0.15, 0.2) is 41.5 Å². The van der Waals surface area contributed by atoms with Crippen molar-refractivity contribution in [2.75, 3.05) is 0 Å². The fraction of sp³-hybridized carbons (Fsp3) is 0.333. The Labute approximate surface area is 144 Å². The second kappa shape index (κ2) is 6.16. The summed E-state index contributed by atoms with van der Waals surface area (Å²) < 4.78 is 3.21. The van der Waals surface area contributed by atoms with Gasteiger partial charge < -0.3 is 9.88 Å². The number of aryl methyl sites for hydroxylation is 2. The smallest absolute Gasteiger partial charge is 0.266 e. The van der Waals surface area contributed by atoms with Crippen molar-refractivity contribution in [2.24, 2.45) is 7.05 Å². The molecule has 0 radical (unpaired) electrons. The number of nitrogens with one attached hydrogen (secondary N) is 1. The number of fused-ring (bicyclic) bond motifs is 2. The van der Waals surface area contributed by atoms with Gasteiger partial charge in [0.15, 0.2) is 0 Å². The van der Waals surface area contributed by atoms with Crippen LogP contribution >= 0.6 is 0 Å². The zero-order valence-corrected chi connectivity index (χ0v) is 14.0. The number of carbonyl (C=O) groups is 1. The Morgan fingerprint density at radius 1 is 1.36 bits per heavy atom. The molecule has 2 aromatic heterocycles. The highest BCUT2D eigenvalue weighted by Gasteiger charge is 2.22. The Morgan fingerprint density at radius 2 is 2.20 bits per heavy atom. The van der Waals surface area contributed by atoms with E-state index in [9.17, 15) is 9.59 Å². The number of amides is 1. The standard InChI is InChI=1S/C18H19N5O2/c1-22-18(25)9-12-8-13(6-7-14(12)21-22)20-17(24)10-23-11-19-15-4-2-3-5-16(15)23/h2-5,9,11,13H,6-8,10H2,1H3,(H,20,24). The lowest BCUT2D eigenvalue weighted by Gasteiger charge is -2.25. The average molecular weight is 337 g/mol. The van der Waals surface area contributed by atoms with Gasteiger partial charge in [0.25, 0.3) is 5.56 Å². The molecule has 0 spiro atoms. The summed E-state index contributed by atoms with van der Waals surface area (Å²) in [5.74, 6) is -0.0478. The van der Waals surface area contributed by atoms with E-state index in [-0.39, 0.29) is 24.1 Å². The zero-order valence-electron chi connectivity index (χ0n) is 14.0. The average Bonchev–Trinajstić information content (AvgIpc) is 2.99. The summed E-state index contributed by atoms with van der Waals surface area (Å²) in [4.78, 5) is 28.5. The minimum absolute atomic E-state index is 0.0312. The summed E-state index contributed by atoms with van der Waals surface area (Å²) >= 11 is 0. The molecule has 25 heavy (non-hydrogen) atoms. The Kier molecular flexibility index (Phi) is 3.83. The van der Waals surface area contributed by atoms with Crippen LogP contribution < -0.4 is 10.9 Å². The number of rotatable bonds is 3. The van der Waals surface area contributed by atoms with Gasteiger partial charge in [-0.05, 0) is 37.0 Å². The predicted octanol–water partition coefficient (Wildman–Crippen LogP) is 0.804. The van der Waals surface area contributed by atoms with Gasteiger partial charge in [0.05, 0.1) is 23.1 Å². The van der Waals surface area contributed by atoms with E-state index in [0.29, 0.717) is 6.42 Å². The van der Waals surface area contributed by atoms with Crippen molar-refractivity contribution in [1.82, 2.24) is 24.6 Å². The first-order chi connectivity index (χ1) is 12.1. The molecule has 1 unspecified atom stereocenters. The lowest BCUT2D eigenvalue weighted by atomic mass is 9.92. The van der Waals surface area contributed by atoms with Gasteiger partial charge in [-0.3, -0.25) is 9.59 Å². The van der Waals surface area contributed by atoms with Crippen molar-refractivity contribution >= 4 is 16.9 Å². The summed E-state index contributed by atoms with van der Waals surface area (Å²) in [6.07, 6.45) is 3.93. The lowest BCUT2D eigenvalue weighted by molar-refractivity contribution is -0.122. The number of imidazole rings is 1. The summed E-state index contributed by atoms with van der Waals surface area (Å²) in [5, 5.41) is 7.37. The number of nitrogens with zero attached hydrogens (tertiary/aromatic N) is 4. The Morgan fingerprint density at radius 3 is 3.08 bits per heavy atom. The van der Waals surface area contributed by atoms with Crippen molar-refractivity contribution in [3.8, 4) is 0 Å². The van der Waals surface area contributed by atoms with Gasteiger partial charge >= 0.3 is 0 Å². The molecule has 0 fully saturated rings. The maximum absolute atomic E-state index is 12.4. The van der Waals surface area contributed by atoms with E-state index < -0.39 is 0 Å². The van der Waals surface area contributed by atoms with Crippen LogP contribution in [-0.2, 0) is 31.2 Å². The van der Waals surface area contributed by atoms with Crippen LogP contribution in [0.5, 0.6) is 0 Å². The van der Waals surface area contributed by atoms with E-state index in [1.165, 1.54) is 4.68 Å². The molecule has 0 aliphatic heterocycles. The molecule has 1 amide bonds. The molecule has 1 N–H and O–H groups in total. The molecule has 1 aromatic carbocycles. The van der Waals surface area contributed by atoms with Crippen molar-refractivity contribution in [3.05, 3.63) is 58.3 Å². The van der Waals surface area contributed by atoms with Gasteiger partial charge in [0, 0.05) is 19.2 Å². The maximum atomic E-state index is 12.4. The highest BCUT2D eigenvalue weighted by Crippen LogP contribution is 2.18. The summed E-state index contributed by atoms with van der Waals surface area (Å²) in [6, 6.07) is 9.40. The Bertz CT molecular complexity index is 1000. The van der Waals surface area contributed by atoms with Crippen LogP contribution in [0, 0.1) is 0 Å². The third-order valence-electron chi connectivity index (χ3n) is 4.66. The van der Waals surface area contributed by atoms with Crippen LogP contribution in [0.25, 0.3) is 11.0 Å². The van der Waals surface area contributed by atoms with E-state index in [2.05, 4.69) is 15.4 Å². The number of benzene rings is 1. The van der Waals surface area contributed by atoms with Gasteiger partial charge in [-0.2, -0.15) is 5.10 Å². The second-order valence-corrected chi connectivity index (χ2v) is 6.45. The van der Waals surface area contributed by atoms with Gasteiger partial charge in [-0.15, -0.1) is 0 Å². The summed E-state index contributed by atoms with van der Waals surface area (Å²) in [5.41, 5.74) is 3.60. The van der Waals surface area contributed by atoms with Crippen LogP contribution in [0.2, 0.25) is 0 Å². The maximum Gasteiger partial charge on any atom is 0.266 e. The van der Waals surface area contributed by atoms with E-state index in [4.69, 9.17) is 0 Å². The first-order valence-electron chi connectivity index (χ1n) is 8.35. The number of hydrogen-bond donors (Lipinski definition) is 1. The van der Waals surface area contributed by atoms with Gasteiger partial charge in [-0.1, -0.05) is 12.1 Å². The molecular weight excluding hydrogens is 318 g/mol. The van der Waals surface area contributed by atoms with E-state index >= 15 is 0 Å². The van der Waals surface area contributed by atoms with E-state index in [0.717, 1.165) is 35.1 Å². The van der Waals surface area contributed by atoms with Gasteiger partial charge in [0.2, 0.25) is 5.91 Å². The number of aromatic nitrogens is 4.